The Balaban J connectivity index is 1.64. The Bertz CT molecular complexity index is 1490. The van der Waals surface area contributed by atoms with Gasteiger partial charge in [0.05, 0.1) is 47.1 Å². The maximum Gasteiger partial charge on any atom is 0.393 e. The lowest BCUT2D eigenvalue weighted by Gasteiger charge is -2.33. The second-order valence-electron chi connectivity index (χ2n) is 10.2. The molecule has 0 amide bonds. The Morgan fingerprint density at radius 1 is 1.23 bits per heavy atom. The molecule has 0 radical (unpaired) electrons. The van der Waals surface area contributed by atoms with Gasteiger partial charge in [-0.25, -0.2) is 8.78 Å². The molecule has 5 nitrogen and oxygen atoms in total. The number of ether oxygens (including phenoxy) is 1. The molecule has 1 saturated heterocycles. The number of hydrogen-bond donors (Lipinski definition) is 2. The molecule has 40 heavy (non-hydrogen) atoms. The summed E-state index contributed by atoms with van der Waals surface area (Å²) in [7, 11) is 0.305. The number of rotatable bonds is 7. The number of nitrogens with one attached hydrogen (secondary N) is 2. The minimum Gasteiger partial charge on any atom is -0.494 e. The Kier molecular flexibility index (Phi) is 9.03. The van der Waals surface area contributed by atoms with Crippen LogP contribution >= 0.6 is 18.5 Å². The quantitative estimate of drug-likeness (QED) is 0.189. The number of hydrogen-bond acceptors (Lipinski definition) is 6. The molecule has 2 heterocycles. The molecule has 1 aliphatic rings. The summed E-state index contributed by atoms with van der Waals surface area (Å²) in [6, 6.07) is 7.14. The molecule has 0 unspecified atom stereocenters. The van der Waals surface area contributed by atoms with Gasteiger partial charge in [0.25, 0.3) is 0 Å². The Labute approximate surface area is 234 Å². The standard InChI is InChI=1S/C28H31F5N3O2PS/c1-36-12-10-21(20(30)16-36)35-22-8-5-7-17-18(15-28(31,32)33)26(40-27(17)22)9-6-11-34-23-14-25(39(3,4)37)19(29)13-24(23)38-2/h5,7-8,13-14,20-21,34-35H,10-12,15-16H2,1-4H3/t20-,21+/m0/s1. The third-order valence-corrected chi connectivity index (χ3v) is 9.40. The van der Waals surface area contributed by atoms with Crippen molar-refractivity contribution in [3.63, 3.8) is 0 Å². The van der Waals surface area contributed by atoms with Gasteiger partial charge in [-0.15, -0.1) is 11.3 Å². The molecule has 0 saturated carbocycles. The lowest BCUT2D eigenvalue weighted by molar-refractivity contribution is -0.126. The average molecular weight is 600 g/mol. The molecule has 2 aromatic carbocycles. The van der Waals surface area contributed by atoms with Gasteiger partial charge in [-0.3, -0.25) is 0 Å². The number of likely N-dealkylation sites (tertiary alicyclic amines) is 1. The predicted octanol–water partition coefficient (Wildman–Crippen LogP) is 6.32. The average Bonchev–Trinajstić information content (AvgIpc) is 3.19. The van der Waals surface area contributed by atoms with E-state index in [1.165, 1.54) is 26.5 Å². The van der Waals surface area contributed by atoms with Crippen LogP contribution in [0.15, 0.2) is 30.3 Å². The molecule has 0 bridgehead atoms. The van der Waals surface area contributed by atoms with Crippen LogP contribution in [0, 0.1) is 17.7 Å². The highest BCUT2D eigenvalue weighted by Crippen LogP contribution is 2.40. The maximum absolute atomic E-state index is 14.7. The molecule has 0 aliphatic carbocycles. The van der Waals surface area contributed by atoms with Crippen LogP contribution in [0.2, 0.25) is 0 Å². The maximum atomic E-state index is 14.7. The summed E-state index contributed by atoms with van der Waals surface area (Å²) in [4.78, 5) is 2.17. The second kappa shape index (κ2) is 12.0. The summed E-state index contributed by atoms with van der Waals surface area (Å²) in [6.07, 6.45) is -6.12. The van der Waals surface area contributed by atoms with Crippen LogP contribution in [0.1, 0.15) is 16.9 Å². The first-order valence-electron chi connectivity index (χ1n) is 12.6. The molecule has 12 heteroatoms. The van der Waals surface area contributed by atoms with E-state index in [0.717, 1.165) is 23.9 Å². The van der Waals surface area contributed by atoms with Gasteiger partial charge in [0, 0.05) is 24.5 Å². The van der Waals surface area contributed by atoms with Gasteiger partial charge in [0.2, 0.25) is 0 Å². The third-order valence-electron chi connectivity index (χ3n) is 6.70. The van der Waals surface area contributed by atoms with Crippen molar-refractivity contribution in [2.75, 3.05) is 57.8 Å². The van der Waals surface area contributed by atoms with Gasteiger partial charge in [-0.05, 0) is 49.9 Å². The summed E-state index contributed by atoms with van der Waals surface area (Å²) in [6.45, 7) is 3.93. The molecular formula is C28H31F5N3O2PS. The van der Waals surface area contributed by atoms with Crippen LogP contribution in [-0.2, 0) is 11.0 Å². The highest BCUT2D eigenvalue weighted by Gasteiger charge is 2.32. The fourth-order valence-electron chi connectivity index (χ4n) is 4.71. The number of thiophene rings is 1. The molecule has 3 aromatic rings. The summed E-state index contributed by atoms with van der Waals surface area (Å²) < 4.78 is 88.0. The molecule has 2 N–H and O–H groups in total. The lowest BCUT2D eigenvalue weighted by atomic mass is 10.0. The SMILES string of the molecule is COc1cc(F)c(P(C)(C)=O)cc1NCC#Cc1sc2c(N[C@@H]3CCN(C)C[C@@H]3F)cccc2c1CC(F)(F)F. The zero-order valence-electron chi connectivity index (χ0n) is 22.6. The van der Waals surface area contributed by atoms with E-state index in [9.17, 15) is 26.5 Å². The van der Waals surface area contributed by atoms with Crippen molar-refractivity contribution in [2.24, 2.45) is 0 Å². The van der Waals surface area contributed by atoms with Crippen LogP contribution < -0.4 is 20.7 Å². The van der Waals surface area contributed by atoms with Gasteiger partial charge in [-0.2, -0.15) is 13.2 Å². The zero-order valence-corrected chi connectivity index (χ0v) is 24.3. The Hall–Kier alpha value is -2.80. The molecule has 1 fully saturated rings. The number of benzene rings is 2. The summed E-state index contributed by atoms with van der Waals surface area (Å²) in [5.74, 6) is 5.26. The van der Waals surface area contributed by atoms with E-state index in [2.05, 4.69) is 22.5 Å². The van der Waals surface area contributed by atoms with E-state index in [1.54, 1.807) is 18.2 Å². The number of halogens is 5. The van der Waals surface area contributed by atoms with Crippen molar-refractivity contribution in [3.05, 3.63) is 46.6 Å². The van der Waals surface area contributed by atoms with Crippen molar-refractivity contribution >= 4 is 45.2 Å². The first-order chi connectivity index (χ1) is 18.8. The van der Waals surface area contributed by atoms with Crippen molar-refractivity contribution < 1.29 is 31.3 Å². The Morgan fingerprint density at radius 3 is 2.62 bits per heavy atom. The fraction of sp³-hybridized carbons (Fsp3) is 0.429. The highest BCUT2D eigenvalue weighted by molar-refractivity contribution is 7.70. The second-order valence-corrected chi connectivity index (χ2v) is 14.4. The van der Waals surface area contributed by atoms with E-state index in [0.29, 0.717) is 27.9 Å². The van der Waals surface area contributed by atoms with Gasteiger partial charge in [0.15, 0.2) is 0 Å². The molecular weight excluding hydrogens is 568 g/mol. The first-order valence-corrected chi connectivity index (χ1v) is 16.0. The highest BCUT2D eigenvalue weighted by atomic mass is 32.1. The third kappa shape index (κ3) is 7.09. The van der Waals surface area contributed by atoms with Gasteiger partial charge < -0.3 is 24.8 Å². The predicted molar refractivity (Wildman–Crippen MR) is 153 cm³/mol. The normalized spacial score (nSPS) is 18.3. The van der Waals surface area contributed by atoms with Crippen molar-refractivity contribution in [1.82, 2.24) is 4.90 Å². The zero-order chi connectivity index (χ0) is 29.2. The molecule has 1 aromatic heterocycles. The van der Waals surface area contributed by atoms with Gasteiger partial charge in [0.1, 0.15) is 24.9 Å². The van der Waals surface area contributed by atoms with Crippen LogP contribution in [0.5, 0.6) is 5.75 Å². The summed E-state index contributed by atoms with van der Waals surface area (Å²) in [5, 5.41) is 6.69. The van der Waals surface area contributed by atoms with Gasteiger partial charge >= 0.3 is 6.18 Å². The van der Waals surface area contributed by atoms with Crippen molar-refractivity contribution in [2.45, 2.75) is 31.2 Å². The van der Waals surface area contributed by atoms with Crippen LogP contribution in [0.3, 0.4) is 0 Å². The molecule has 0 spiro atoms. The van der Waals surface area contributed by atoms with E-state index in [-0.39, 0.29) is 34.6 Å². The minimum absolute atomic E-state index is 0.0170. The molecule has 4 rings (SSSR count). The van der Waals surface area contributed by atoms with Crippen LogP contribution in [0.4, 0.5) is 33.3 Å². The van der Waals surface area contributed by atoms with E-state index >= 15 is 0 Å². The minimum atomic E-state index is -4.45. The first kappa shape index (κ1) is 30.2. The van der Waals surface area contributed by atoms with Crippen molar-refractivity contribution in [1.29, 1.82) is 0 Å². The lowest BCUT2D eigenvalue weighted by Crippen LogP contribution is -2.46. The number of alkyl halides is 4. The van der Waals surface area contributed by atoms with Crippen LogP contribution in [-0.4, -0.2) is 70.4 Å². The largest absolute Gasteiger partial charge is 0.494 e. The smallest absolute Gasteiger partial charge is 0.393 e. The molecule has 216 valence electrons. The number of nitrogens with zero attached hydrogens (tertiary/aromatic N) is 1. The van der Waals surface area contributed by atoms with E-state index in [4.69, 9.17) is 4.74 Å². The monoisotopic (exact) mass is 599 g/mol. The topological polar surface area (TPSA) is 53.6 Å². The Morgan fingerprint density at radius 2 is 1.98 bits per heavy atom. The van der Waals surface area contributed by atoms with Crippen molar-refractivity contribution in [3.8, 4) is 17.6 Å². The number of fused-ring (bicyclic) bond motifs is 1. The van der Waals surface area contributed by atoms with Crippen LogP contribution in [0.25, 0.3) is 10.1 Å². The molecule has 1 aliphatic heterocycles. The van der Waals surface area contributed by atoms with E-state index < -0.39 is 37.8 Å². The summed E-state index contributed by atoms with van der Waals surface area (Å²) >= 11 is 1.14. The summed E-state index contributed by atoms with van der Waals surface area (Å²) in [5.41, 5.74) is 1.03. The van der Waals surface area contributed by atoms with E-state index in [1.807, 2.05) is 11.9 Å². The fourth-order valence-corrected chi connectivity index (χ4v) is 6.90. The van der Waals surface area contributed by atoms with Gasteiger partial charge in [-0.1, -0.05) is 24.0 Å². The number of anilines is 2. The molecule has 2 atom stereocenters. The number of piperidine rings is 1. The number of methoxy groups -OCH3 is 1.